The highest BCUT2D eigenvalue weighted by atomic mass is 32.2. The number of amides is 1. The van der Waals surface area contributed by atoms with Gasteiger partial charge in [0.1, 0.15) is 4.90 Å². The highest BCUT2D eigenvalue weighted by molar-refractivity contribution is 7.92. The predicted molar refractivity (Wildman–Crippen MR) is 68.7 cm³/mol. The number of aromatic amines is 1. The fourth-order valence-electron chi connectivity index (χ4n) is 1.55. The van der Waals surface area contributed by atoms with Crippen LogP contribution in [0, 0.1) is 0 Å². The summed E-state index contributed by atoms with van der Waals surface area (Å²) in [5.41, 5.74) is 5.96. The maximum Gasteiger partial charge on any atom is 0.265 e. The Bertz CT molecular complexity index is 680. The van der Waals surface area contributed by atoms with Gasteiger partial charge in [0.15, 0.2) is 0 Å². The number of primary amides is 1. The number of aromatic nitrogens is 2. The van der Waals surface area contributed by atoms with Crippen LogP contribution in [-0.2, 0) is 21.2 Å². The molecule has 19 heavy (non-hydrogen) atoms. The first kappa shape index (κ1) is 13.1. The first-order chi connectivity index (χ1) is 8.99. The Kier molecular flexibility index (Phi) is 3.52. The maximum atomic E-state index is 12.0. The van der Waals surface area contributed by atoms with Crippen LogP contribution in [0.5, 0.6) is 0 Å². The summed E-state index contributed by atoms with van der Waals surface area (Å²) in [5, 5.41) is 6.01. The molecule has 0 spiro atoms. The predicted octanol–water partition coefficient (Wildman–Crippen LogP) is 0.238. The van der Waals surface area contributed by atoms with Crippen LogP contribution in [0.4, 0.5) is 5.69 Å². The highest BCUT2D eigenvalue weighted by Gasteiger charge is 2.17. The van der Waals surface area contributed by atoms with Crippen molar-refractivity contribution in [1.29, 1.82) is 0 Å². The molecule has 4 N–H and O–H groups in total. The minimum Gasteiger partial charge on any atom is -0.369 e. The van der Waals surface area contributed by atoms with Gasteiger partial charge in [-0.05, 0) is 11.6 Å². The van der Waals surface area contributed by atoms with Crippen molar-refractivity contribution in [2.75, 3.05) is 4.72 Å². The van der Waals surface area contributed by atoms with E-state index in [1.165, 1.54) is 12.4 Å². The van der Waals surface area contributed by atoms with E-state index < -0.39 is 15.9 Å². The molecule has 1 aromatic carbocycles. The van der Waals surface area contributed by atoms with Crippen molar-refractivity contribution in [2.24, 2.45) is 5.73 Å². The van der Waals surface area contributed by atoms with Gasteiger partial charge in [-0.15, -0.1) is 0 Å². The summed E-state index contributed by atoms with van der Waals surface area (Å²) in [6.07, 6.45) is 2.42. The molecular formula is C11H12N4O3S. The van der Waals surface area contributed by atoms with Crippen LogP contribution in [0.3, 0.4) is 0 Å². The lowest BCUT2D eigenvalue weighted by atomic mass is 10.1. The van der Waals surface area contributed by atoms with Crippen molar-refractivity contribution in [3.05, 3.63) is 42.2 Å². The van der Waals surface area contributed by atoms with Crippen molar-refractivity contribution in [3.63, 3.8) is 0 Å². The summed E-state index contributed by atoms with van der Waals surface area (Å²) in [6, 6.07) is 6.57. The van der Waals surface area contributed by atoms with Gasteiger partial charge in [0.2, 0.25) is 5.91 Å². The first-order valence-electron chi connectivity index (χ1n) is 5.37. The summed E-state index contributed by atoms with van der Waals surface area (Å²) >= 11 is 0. The van der Waals surface area contributed by atoms with Gasteiger partial charge in [0, 0.05) is 6.20 Å². The molecule has 0 atom stereocenters. The largest absolute Gasteiger partial charge is 0.369 e. The molecule has 0 radical (unpaired) electrons. The van der Waals surface area contributed by atoms with E-state index in [4.69, 9.17) is 5.73 Å². The van der Waals surface area contributed by atoms with E-state index in [2.05, 4.69) is 14.9 Å². The van der Waals surface area contributed by atoms with Crippen molar-refractivity contribution < 1.29 is 13.2 Å². The van der Waals surface area contributed by atoms with Gasteiger partial charge in [-0.25, -0.2) is 8.42 Å². The lowest BCUT2D eigenvalue weighted by molar-refractivity contribution is -0.117. The molecule has 2 rings (SSSR count). The van der Waals surface area contributed by atoms with Gasteiger partial charge in [-0.3, -0.25) is 14.6 Å². The van der Waals surface area contributed by atoms with Crippen LogP contribution in [-0.4, -0.2) is 24.5 Å². The number of nitrogens with one attached hydrogen (secondary N) is 2. The molecule has 0 bridgehead atoms. The van der Waals surface area contributed by atoms with Crippen LogP contribution in [0.1, 0.15) is 5.56 Å². The fourth-order valence-corrected chi connectivity index (χ4v) is 2.56. The molecule has 7 nitrogen and oxygen atoms in total. The molecule has 0 aliphatic heterocycles. The third-order valence-electron chi connectivity index (χ3n) is 2.41. The standard InChI is InChI=1S/C11H12N4O3S/c12-11(16)5-8-3-1-2-4-10(8)15-19(17,18)9-6-13-14-7-9/h1-4,6-7,15H,5H2,(H2,12,16)(H,13,14). The smallest absolute Gasteiger partial charge is 0.265 e. The van der Waals surface area contributed by atoms with E-state index in [9.17, 15) is 13.2 Å². The summed E-state index contributed by atoms with van der Waals surface area (Å²) in [5.74, 6) is -0.532. The minimum absolute atomic E-state index is 0.0152. The van der Waals surface area contributed by atoms with Gasteiger partial charge in [-0.1, -0.05) is 18.2 Å². The number of para-hydroxylation sites is 1. The number of hydrogen-bond acceptors (Lipinski definition) is 4. The van der Waals surface area contributed by atoms with E-state index in [1.807, 2.05) is 0 Å². The van der Waals surface area contributed by atoms with Gasteiger partial charge in [0.05, 0.1) is 18.3 Å². The van der Waals surface area contributed by atoms with Crippen LogP contribution in [0.2, 0.25) is 0 Å². The molecule has 0 aliphatic carbocycles. The quantitative estimate of drug-likeness (QED) is 0.726. The normalized spacial score (nSPS) is 11.2. The van der Waals surface area contributed by atoms with Crippen molar-refractivity contribution >= 4 is 21.6 Å². The summed E-state index contributed by atoms with van der Waals surface area (Å²) < 4.78 is 26.4. The molecule has 2 aromatic rings. The van der Waals surface area contributed by atoms with E-state index in [1.54, 1.807) is 24.3 Å². The average Bonchev–Trinajstić information content (AvgIpc) is 2.85. The van der Waals surface area contributed by atoms with Crippen molar-refractivity contribution in [2.45, 2.75) is 11.3 Å². The molecule has 1 heterocycles. The lowest BCUT2D eigenvalue weighted by Crippen LogP contribution is -2.17. The average molecular weight is 280 g/mol. The SMILES string of the molecule is NC(=O)Cc1ccccc1NS(=O)(=O)c1cn[nH]c1. The Hall–Kier alpha value is -2.35. The van der Waals surface area contributed by atoms with Crippen molar-refractivity contribution in [3.8, 4) is 0 Å². The van der Waals surface area contributed by atoms with Crippen LogP contribution in [0.15, 0.2) is 41.6 Å². The Morgan fingerprint density at radius 2 is 2.11 bits per heavy atom. The van der Waals surface area contributed by atoms with E-state index in [0.29, 0.717) is 11.3 Å². The minimum atomic E-state index is -3.72. The topological polar surface area (TPSA) is 118 Å². The number of nitrogens with two attached hydrogens (primary N) is 1. The molecule has 0 fully saturated rings. The zero-order chi connectivity index (χ0) is 13.9. The number of rotatable bonds is 5. The third kappa shape index (κ3) is 3.10. The Labute approximate surface area is 109 Å². The van der Waals surface area contributed by atoms with E-state index in [-0.39, 0.29) is 11.3 Å². The number of sulfonamides is 1. The lowest BCUT2D eigenvalue weighted by Gasteiger charge is -2.10. The Balaban J connectivity index is 2.31. The van der Waals surface area contributed by atoms with Crippen LogP contribution < -0.4 is 10.5 Å². The molecular weight excluding hydrogens is 268 g/mol. The summed E-state index contributed by atoms with van der Waals surface area (Å²) in [4.78, 5) is 11.0. The Morgan fingerprint density at radius 3 is 2.74 bits per heavy atom. The number of carbonyl (C=O) groups excluding carboxylic acids is 1. The Morgan fingerprint density at radius 1 is 1.37 bits per heavy atom. The summed E-state index contributed by atoms with van der Waals surface area (Å²) in [7, 11) is -3.72. The van der Waals surface area contributed by atoms with Crippen molar-refractivity contribution in [1.82, 2.24) is 10.2 Å². The number of benzene rings is 1. The number of hydrogen-bond donors (Lipinski definition) is 3. The molecule has 0 saturated carbocycles. The van der Waals surface area contributed by atoms with Gasteiger partial charge >= 0.3 is 0 Å². The van der Waals surface area contributed by atoms with Gasteiger partial charge < -0.3 is 5.73 Å². The molecule has 1 amide bonds. The molecule has 0 saturated heterocycles. The number of H-pyrrole nitrogens is 1. The zero-order valence-corrected chi connectivity index (χ0v) is 10.6. The number of anilines is 1. The zero-order valence-electron chi connectivity index (χ0n) is 9.83. The second-order valence-electron chi connectivity index (χ2n) is 3.84. The molecule has 0 unspecified atom stereocenters. The first-order valence-corrected chi connectivity index (χ1v) is 6.85. The second kappa shape index (κ2) is 5.11. The van der Waals surface area contributed by atoms with Crippen LogP contribution in [0.25, 0.3) is 0 Å². The third-order valence-corrected chi connectivity index (χ3v) is 3.74. The van der Waals surface area contributed by atoms with E-state index in [0.717, 1.165) is 0 Å². The number of nitrogens with zero attached hydrogens (tertiary/aromatic N) is 1. The fraction of sp³-hybridized carbons (Fsp3) is 0.0909. The summed E-state index contributed by atoms with van der Waals surface area (Å²) in [6.45, 7) is 0. The van der Waals surface area contributed by atoms with Crippen LogP contribution >= 0.6 is 0 Å². The van der Waals surface area contributed by atoms with Gasteiger partial charge in [0.25, 0.3) is 10.0 Å². The second-order valence-corrected chi connectivity index (χ2v) is 5.52. The number of carbonyl (C=O) groups is 1. The molecule has 0 aliphatic rings. The maximum absolute atomic E-state index is 12.0. The van der Waals surface area contributed by atoms with E-state index >= 15 is 0 Å². The molecule has 100 valence electrons. The highest BCUT2D eigenvalue weighted by Crippen LogP contribution is 2.19. The van der Waals surface area contributed by atoms with Gasteiger partial charge in [-0.2, -0.15) is 5.10 Å². The monoisotopic (exact) mass is 280 g/mol. The molecule has 1 aromatic heterocycles. The molecule has 8 heteroatoms.